The summed E-state index contributed by atoms with van der Waals surface area (Å²) in [5.41, 5.74) is 3.28. The minimum atomic E-state index is 0.199. The summed E-state index contributed by atoms with van der Waals surface area (Å²) in [5.74, 6) is 0.552. The van der Waals surface area contributed by atoms with Gasteiger partial charge in [-0.05, 0) is 37.8 Å². The predicted molar refractivity (Wildman–Crippen MR) is 75.1 cm³/mol. The summed E-state index contributed by atoms with van der Waals surface area (Å²) in [6, 6.07) is 7.82. The average Bonchev–Trinajstić information content (AvgIpc) is 2.44. The minimum absolute atomic E-state index is 0.199. The van der Waals surface area contributed by atoms with Crippen molar-refractivity contribution in [2.75, 3.05) is 0 Å². The lowest BCUT2D eigenvalue weighted by atomic mass is 9.85. The molecular weight excluding hydrogens is 222 g/mol. The fourth-order valence-electron chi connectivity index (χ4n) is 3.15. The molecule has 0 saturated heterocycles. The molecule has 1 aliphatic rings. The van der Waals surface area contributed by atoms with Crippen LogP contribution in [0, 0.1) is 6.92 Å². The number of hydrogen-bond donors (Lipinski definition) is 1. The lowest BCUT2D eigenvalue weighted by Gasteiger charge is -2.23. The molecule has 0 spiro atoms. The van der Waals surface area contributed by atoms with Gasteiger partial charge in [0.25, 0.3) is 0 Å². The lowest BCUT2D eigenvalue weighted by Crippen LogP contribution is -2.16. The summed E-state index contributed by atoms with van der Waals surface area (Å²) in [6.07, 6.45) is 6.36. The highest BCUT2D eigenvalue weighted by molar-refractivity contribution is 5.79. The zero-order chi connectivity index (χ0) is 12.5. The number of pyridine rings is 1. The van der Waals surface area contributed by atoms with Crippen molar-refractivity contribution in [2.24, 2.45) is 0 Å². The van der Waals surface area contributed by atoms with Crippen molar-refractivity contribution in [3.63, 3.8) is 0 Å². The third-order valence-corrected chi connectivity index (χ3v) is 4.20. The van der Waals surface area contributed by atoms with Crippen molar-refractivity contribution in [1.29, 1.82) is 0 Å². The van der Waals surface area contributed by atoms with Gasteiger partial charge in [0.2, 0.25) is 0 Å². The van der Waals surface area contributed by atoms with Crippen LogP contribution in [0.25, 0.3) is 10.9 Å². The summed E-state index contributed by atoms with van der Waals surface area (Å²) in [6.45, 7) is 1.97. The van der Waals surface area contributed by atoms with Gasteiger partial charge in [-0.25, -0.2) is 0 Å². The molecule has 1 aliphatic carbocycles. The van der Waals surface area contributed by atoms with E-state index in [2.05, 4.69) is 4.98 Å². The van der Waals surface area contributed by atoms with E-state index in [0.717, 1.165) is 16.5 Å². The van der Waals surface area contributed by atoms with Crippen LogP contribution in [0.5, 0.6) is 0 Å². The molecule has 2 heteroatoms. The highest BCUT2D eigenvalue weighted by Crippen LogP contribution is 2.33. The summed E-state index contributed by atoms with van der Waals surface area (Å²) in [5, 5.41) is 0.814. The van der Waals surface area contributed by atoms with Gasteiger partial charge in [0.1, 0.15) is 0 Å². The zero-order valence-corrected chi connectivity index (χ0v) is 10.8. The molecule has 1 saturated carbocycles. The van der Waals surface area contributed by atoms with Crippen molar-refractivity contribution in [3.8, 4) is 0 Å². The Labute approximate surface area is 107 Å². The quantitative estimate of drug-likeness (QED) is 0.807. The Balaban J connectivity index is 2.17. The van der Waals surface area contributed by atoms with Gasteiger partial charge in [-0.15, -0.1) is 0 Å². The van der Waals surface area contributed by atoms with E-state index in [4.69, 9.17) is 0 Å². The number of hydrogen-bond acceptors (Lipinski definition) is 1. The molecule has 94 valence electrons. The van der Waals surface area contributed by atoms with Crippen molar-refractivity contribution < 1.29 is 0 Å². The first-order chi connectivity index (χ1) is 8.77. The molecule has 1 N–H and O–H groups in total. The van der Waals surface area contributed by atoms with Crippen LogP contribution in [0.4, 0.5) is 0 Å². The molecule has 0 unspecified atom stereocenters. The Morgan fingerprint density at radius 3 is 2.61 bits per heavy atom. The van der Waals surface area contributed by atoms with Crippen molar-refractivity contribution in [3.05, 3.63) is 45.7 Å². The van der Waals surface area contributed by atoms with Crippen LogP contribution in [0.1, 0.15) is 49.3 Å². The highest BCUT2D eigenvalue weighted by atomic mass is 16.1. The molecule has 0 atom stereocenters. The molecule has 1 aromatic carbocycles. The molecule has 18 heavy (non-hydrogen) atoms. The first kappa shape index (κ1) is 11.5. The SMILES string of the molecule is Cc1c(C2CCCCC2)[nH]c2ccccc2c1=O. The molecule has 2 aromatic rings. The molecule has 1 fully saturated rings. The van der Waals surface area contributed by atoms with Crippen LogP contribution < -0.4 is 5.43 Å². The highest BCUT2D eigenvalue weighted by Gasteiger charge is 2.19. The van der Waals surface area contributed by atoms with Crippen LogP contribution >= 0.6 is 0 Å². The van der Waals surface area contributed by atoms with Gasteiger partial charge < -0.3 is 4.98 Å². The summed E-state index contributed by atoms with van der Waals surface area (Å²) < 4.78 is 0. The molecule has 3 rings (SSSR count). The topological polar surface area (TPSA) is 32.9 Å². The Bertz CT molecular complexity index is 621. The zero-order valence-electron chi connectivity index (χ0n) is 10.8. The minimum Gasteiger partial charge on any atom is -0.358 e. The smallest absolute Gasteiger partial charge is 0.192 e. The van der Waals surface area contributed by atoms with E-state index < -0.39 is 0 Å². The lowest BCUT2D eigenvalue weighted by molar-refractivity contribution is 0.436. The number of aromatic nitrogens is 1. The molecule has 2 nitrogen and oxygen atoms in total. The maximum atomic E-state index is 12.4. The molecule has 1 heterocycles. The molecule has 0 bridgehead atoms. The molecular formula is C16H19NO. The van der Waals surface area contributed by atoms with Gasteiger partial charge in [-0.2, -0.15) is 0 Å². The van der Waals surface area contributed by atoms with Crippen LogP contribution in [-0.2, 0) is 0 Å². The molecule has 0 aliphatic heterocycles. The Hall–Kier alpha value is -1.57. The summed E-state index contributed by atoms with van der Waals surface area (Å²) in [7, 11) is 0. The number of nitrogens with one attached hydrogen (secondary N) is 1. The van der Waals surface area contributed by atoms with Gasteiger partial charge in [0, 0.05) is 22.2 Å². The number of aromatic amines is 1. The van der Waals surface area contributed by atoms with E-state index in [-0.39, 0.29) is 5.43 Å². The molecule has 0 amide bonds. The fourth-order valence-corrected chi connectivity index (χ4v) is 3.15. The van der Waals surface area contributed by atoms with E-state index in [0.29, 0.717) is 5.92 Å². The van der Waals surface area contributed by atoms with Gasteiger partial charge >= 0.3 is 0 Å². The molecule has 0 radical (unpaired) electrons. The second kappa shape index (κ2) is 4.60. The number of para-hydroxylation sites is 1. The fraction of sp³-hybridized carbons (Fsp3) is 0.438. The van der Waals surface area contributed by atoms with E-state index in [1.165, 1.54) is 37.8 Å². The summed E-state index contributed by atoms with van der Waals surface area (Å²) >= 11 is 0. The number of rotatable bonds is 1. The first-order valence-electron chi connectivity index (χ1n) is 6.89. The summed E-state index contributed by atoms with van der Waals surface area (Å²) in [4.78, 5) is 15.9. The Morgan fingerprint density at radius 1 is 1.11 bits per heavy atom. The van der Waals surface area contributed by atoms with E-state index in [1.807, 2.05) is 31.2 Å². The maximum absolute atomic E-state index is 12.4. The van der Waals surface area contributed by atoms with Gasteiger partial charge in [-0.3, -0.25) is 4.79 Å². The maximum Gasteiger partial charge on any atom is 0.192 e. The second-order valence-electron chi connectivity index (χ2n) is 5.37. The third kappa shape index (κ3) is 1.86. The predicted octanol–water partition coefficient (Wildman–Crippen LogP) is 3.88. The van der Waals surface area contributed by atoms with Crippen LogP contribution in [0.15, 0.2) is 29.1 Å². The number of H-pyrrole nitrogens is 1. The van der Waals surface area contributed by atoms with Crippen molar-refractivity contribution in [1.82, 2.24) is 4.98 Å². The molecule has 1 aromatic heterocycles. The van der Waals surface area contributed by atoms with Crippen molar-refractivity contribution in [2.45, 2.75) is 44.9 Å². The second-order valence-corrected chi connectivity index (χ2v) is 5.37. The van der Waals surface area contributed by atoms with Gasteiger partial charge in [0.05, 0.1) is 0 Å². The van der Waals surface area contributed by atoms with Crippen molar-refractivity contribution >= 4 is 10.9 Å². The van der Waals surface area contributed by atoms with Crippen LogP contribution in [0.2, 0.25) is 0 Å². The monoisotopic (exact) mass is 241 g/mol. The van der Waals surface area contributed by atoms with E-state index in [1.54, 1.807) is 0 Å². The third-order valence-electron chi connectivity index (χ3n) is 4.20. The number of fused-ring (bicyclic) bond motifs is 1. The number of benzene rings is 1. The Kier molecular flexibility index (Phi) is 2.94. The van der Waals surface area contributed by atoms with E-state index in [9.17, 15) is 4.79 Å². The Morgan fingerprint density at radius 2 is 1.83 bits per heavy atom. The average molecular weight is 241 g/mol. The van der Waals surface area contributed by atoms with Crippen LogP contribution in [0.3, 0.4) is 0 Å². The van der Waals surface area contributed by atoms with Gasteiger partial charge in [-0.1, -0.05) is 31.4 Å². The standard InChI is InChI=1S/C16H19NO/c1-11-15(12-7-3-2-4-8-12)17-14-10-6-5-9-13(14)16(11)18/h5-6,9-10,12H,2-4,7-8H2,1H3,(H,17,18). The van der Waals surface area contributed by atoms with Crippen LogP contribution in [-0.4, -0.2) is 4.98 Å². The van der Waals surface area contributed by atoms with Gasteiger partial charge in [0.15, 0.2) is 5.43 Å². The normalized spacial score (nSPS) is 17.2. The first-order valence-corrected chi connectivity index (χ1v) is 6.89. The largest absolute Gasteiger partial charge is 0.358 e. The van der Waals surface area contributed by atoms with E-state index >= 15 is 0 Å².